The fourth-order valence-electron chi connectivity index (χ4n) is 3.78. The first-order valence-electron chi connectivity index (χ1n) is 8.05. The molecule has 1 aliphatic carbocycles. The fraction of sp³-hybridized carbons (Fsp3) is 0.706. The molecule has 0 spiro atoms. The number of anilines is 2. The van der Waals surface area contributed by atoms with E-state index in [2.05, 4.69) is 49.2 Å². The highest BCUT2D eigenvalue weighted by atomic mass is 15.2. The average Bonchev–Trinajstić information content (AvgIpc) is 2.85. The summed E-state index contributed by atoms with van der Waals surface area (Å²) < 4.78 is 0. The van der Waals surface area contributed by atoms with E-state index in [1.54, 1.807) is 0 Å². The van der Waals surface area contributed by atoms with Crippen molar-refractivity contribution in [2.45, 2.75) is 64.5 Å². The zero-order valence-electron chi connectivity index (χ0n) is 13.0. The number of nitrogens with zero attached hydrogens (tertiary/aromatic N) is 2. The van der Waals surface area contributed by atoms with Crippen molar-refractivity contribution in [3.63, 3.8) is 0 Å². The molecule has 20 heavy (non-hydrogen) atoms. The van der Waals surface area contributed by atoms with E-state index in [-0.39, 0.29) is 5.54 Å². The van der Waals surface area contributed by atoms with Gasteiger partial charge in [-0.15, -0.1) is 0 Å². The average molecular weight is 273 g/mol. The predicted octanol–water partition coefficient (Wildman–Crippen LogP) is 4.06. The van der Waals surface area contributed by atoms with Crippen molar-refractivity contribution < 1.29 is 0 Å². The van der Waals surface area contributed by atoms with Gasteiger partial charge in [-0.05, 0) is 64.5 Å². The van der Waals surface area contributed by atoms with Gasteiger partial charge in [-0.3, -0.25) is 0 Å². The molecular formula is C17H27N3. The van der Waals surface area contributed by atoms with Crippen LogP contribution in [0.3, 0.4) is 0 Å². The lowest BCUT2D eigenvalue weighted by molar-refractivity contribution is 0.360. The molecule has 2 atom stereocenters. The Bertz CT molecular complexity index is 464. The molecule has 3 nitrogen and oxygen atoms in total. The van der Waals surface area contributed by atoms with E-state index in [1.807, 2.05) is 0 Å². The zero-order valence-corrected chi connectivity index (χ0v) is 13.0. The third kappa shape index (κ3) is 2.92. The summed E-state index contributed by atoms with van der Waals surface area (Å²) in [6.07, 6.45) is 6.90. The first kappa shape index (κ1) is 13.7. The normalized spacial score (nSPS) is 26.4. The summed E-state index contributed by atoms with van der Waals surface area (Å²) in [5, 5.41) is 3.48. The molecule has 1 saturated carbocycles. The summed E-state index contributed by atoms with van der Waals surface area (Å²) in [6, 6.07) is 7.12. The van der Waals surface area contributed by atoms with Crippen LogP contribution < -0.4 is 10.2 Å². The quantitative estimate of drug-likeness (QED) is 0.880. The lowest BCUT2D eigenvalue weighted by Gasteiger charge is -2.39. The topological polar surface area (TPSA) is 28.2 Å². The van der Waals surface area contributed by atoms with Gasteiger partial charge in [0.2, 0.25) is 0 Å². The highest BCUT2D eigenvalue weighted by Gasteiger charge is 2.35. The van der Waals surface area contributed by atoms with Crippen LogP contribution in [-0.4, -0.2) is 23.1 Å². The number of hydrogen-bond acceptors (Lipinski definition) is 3. The van der Waals surface area contributed by atoms with Crippen molar-refractivity contribution in [1.82, 2.24) is 4.98 Å². The van der Waals surface area contributed by atoms with Gasteiger partial charge in [0.1, 0.15) is 11.6 Å². The number of nitrogens with one attached hydrogen (secondary N) is 1. The lowest BCUT2D eigenvalue weighted by Crippen LogP contribution is -2.43. The summed E-state index contributed by atoms with van der Waals surface area (Å²) in [6.45, 7) is 7.70. The summed E-state index contributed by atoms with van der Waals surface area (Å²) in [4.78, 5) is 7.42. The molecule has 1 aromatic rings. The molecule has 2 unspecified atom stereocenters. The van der Waals surface area contributed by atoms with Gasteiger partial charge in [0.15, 0.2) is 0 Å². The third-order valence-corrected chi connectivity index (χ3v) is 4.52. The highest BCUT2D eigenvalue weighted by molar-refractivity contribution is 5.49. The molecule has 2 aliphatic rings. The van der Waals surface area contributed by atoms with Gasteiger partial charge >= 0.3 is 0 Å². The Labute approximate surface area is 122 Å². The highest BCUT2D eigenvalue weighted by Crippen LogP contribution is 2.38. The Morgan fingerprint density at radius 3 is 2.75 bits per heavy atom. The van der Waals surface area contributed by atoms with Crippen LogP contribution in [0.2, 0.25) is 0 Å². The number of piperidine rings is 1. The number of hydrogen-bond donors (Lipinski definition) is 1. The van der Waals surface area contributed by atoms with Crippen LogP contribution in [-0.2, 0) is 0 Å². The molecule has 0 bridgehead atoms. The monoisotopic (exact) mass is 273 g/mol. The maximum atomic E-state index is 4.86. The first-order valence-corrected chi connectivity index (χ1v) is 8.05. The van der Waals surface area contributed by atoms with Gasteiger partial charge < -0.3 is 10.2 Å². The molecule has 2 heterocycles. The van der Waals surface area contributed by atoms with E-state index in [0.717, 1.165) is 23.6 Å². The number of rotatable bonds is 2. The first-order chi connectivity index (χ1) is 9.53. The van der Waals surface area contributed by atoms with Crippen LogP contribution in [0.4, 0.5) is 11.6 Å². The van der Waals surface area contributed by atoms with E-state index in [1.165, 1.54) is 38.6 Å². The zero-order chi connectivity index (χ0) is 14.2. The van der Waals surface area contributed by atoms with E-state index < -0.39 is 0 Å². The number of aromatic nitrogens is 1. The van der Waals surface area contributed by atoms with Crippen LogP contribution >= 0.6 is 0 Å². The molecule has 1 N–H and O–H groups in total. The molecule has 0 amide bonds. The number of pyridine rings is 1. The van der Waals surface area contributed by atoms with Crippen molar-refractivity contribution in [1.29, 1.82) is 0 Å². The summed E-state index contributed by atoms with van der Waals surface area (Å²) in [5.74, 6) is 3.07. The molecule has 110 valence electrons. The molecule has 1 aliphatic heterocycles. The predicted molar refractivity (Wildman–Crippen MR) is 85.3 cm³/mol. The largest absolute Gasteiger partial charge is 0.365 e. The second kappa shape index (κ2) is 5.27. The van der Waals surface area contributed by atoms with Crippen molar-refractivity contribution in [2.75, 3.05) is 16.8 Å². The minimum absolute atomic E-state index is 0.0589. The number of fused-ring (bicyclic) bond motifs is 1. The Kier molecular flexibility index (Phi) is 3.61. The molecule has 3 rings (SSSR count). The second-order valence-electron chi connectivity index (χ2n) is 7.35. The van der Waals surface area contributed by atoms with E-state index in [9.17, 15) is 0 Å². The minimum atomic E-state index is 0.0589. The fourth-order valence-corrected chi connectivity index (χ4v) is 3.78. The SMILES string of the molecule is CC(C)(C)Nc1cccc(N2CCCC3CCCC32)n1. The third-order valence-electron chi connectivity index (χ3n) is 4.52. The molecule has 3 heteroatoms. The lowest BCUT2D eigenvalue weighted by atomic mass is 9.92. The van der Waals surface area contributed by atoms with Gasteiger partial charge in [-0.25, -0.2) is 4.98 Å². The Morgan fingerprint density at radius 1 is 1.15 bits per heavy atom. The Hall–Kier alpha value is -1.25. The molecule has 1 aromatic heterocycles. The van der Waals surface area contributed by atoms with Crippen molar-refractivity contribution in [3.05, 3.63) is 18.2 Å². The van der Waals surface area contributed by atoms with E-state index in [0.29, 0.717) is 0 Å². The van der Waals surface area contributed by atoms with Crippen LogP contribution in [0.15, 0.2) is 18.2 Å². The maximum absolute atomic E-state index is 4.86. The van der Waals surface area contributed by atoms with Crippen LogP contribution in [0, 0.1) is 5.92 Å². The van der Waals surface area contributed by atoms with Crippen molar-refractivity contribution >= 4 is 11.6 Å². The van der Waals surface area contributed by atoms with Gasteiger partial charge in [-0.1, -0.05) is 12.5 Å². The van der Waals surface area contributed by atoms with Gasteiger partial charge in [0.05, 0.1) is 0 Å². The summed E-state index contributed by atoms with van der Waals surface area (Å²) in [5.41, 5.74) is 0.0589. The van der Waals surface area contributed by atoms with Gasteiger partial charge in [0, 0.05) is 18.1 Å². The Balaban J connectivity index is 1.81. The smallest absolute Gasteiger partial charge is 0.131 e. The van der Waals surface area contributed by atoms with Crippen LogP contribution in [0.1, 0.15) is 52.9 Å². The van der Waals surface area contributed by atoms with E-state index >= 15 is 0 Å². The second-order valence-corrected chi connectivity index (χ2v) is 7.35. The Morgan fingerprint density at radius 2 is 1.95 bits per heavy atom. The summed E-state index contributed by atoms with van der Waals surface area (Å²) >= 11 is 0. The van der Waals surface area contributed by atoms with E-state index in [4.69, 9.17) is 4.98 Å². The van der Waals surface area contributed by atoms with Crippen LogP contribution in [0.25, 0.3) is 0 Å². The molecule has 0 aromatic carbocycles. The van der Waals surface area contributed by atoms with Gasteiger partial charge in [-0.2, -0.15) is 0 Å². The van der Waals surface area contributed by atoms with Crippen molar-refractivity contribution in [2.24, 2.45) is 5.92 Å². The van der Waals surface area contributed by atoms with Gasteiger partial charge in [0.25, 0.3) is 0 Å². The van der Waals surface area contributed by atoms with Crippen molar-refractivity contribution in [3.8, 4) is 0 Å². The molecular weight excluding hydrogens is 246 g/mol. The molecule has 1 saturated heterocycles. The maximum Gasteiger partial charge on any atom is 0.131 e. The molecule has 0 radical (unpaired) electrons. The minimum Gasteiger partial charge on any atom is -0.365 e. The summed E-state index contributed by atoms with van der Waals surface area (Å²) in [7, 11) is 0. The standard InChI is InChI=1S/C17H27N3/c1-17(2,3)19-15-10-5-11-16(18-15)20-12-6-8-13-7-4-9-14(13)20/h5,10-11,13-14H,4,6-9,12H2,1-3H3,(H,18,19). The van der Waals surface area contributed by atoms with Crippen LogP contribution in [0.5, 0.6) is 0 Å². The molecule has 2 fully saturated rings.